The van der Waals surface area contributed by atoms with Crippen molar-refractivity contribution in [1.82, 2.24) is 10.3 Å². The second-order valence-corrected chi connectivity index (χ2v) is 6.96. The van der Waals surface area contributed by atoms with Crippen LogP contribution in [0.1, 0.15) is 16.8 Å². The number of rotatable bonds is 5. The minimum Gasteiger partial charge on any atom is -0.352 e. The second kappa shape index (κ2) is 7.02. The highest BCUT2D eigenvalue weighted by molar-refractivity contribution is 7.20. The lowest BCUT2D eigenvalue weighted by Gasteiger charge is -2.05. The summed E-state index contributed by atoms with van der Waals surface area (Å²) in [5.74, 6) is -0.370. The molecule has 0 fully saturated rings. The fraction of sp³-hybridized carbons (Fsp3) is 0.176. The van der Waals surface area contributed by atoms with E-state index in [-0.39, 0.29) is 18.1 Å². The normalized spacial score (nSPS) is 10.7. The summed E-state index contributed by atoms with van der Waals surface area (Å²) in [6, 6.07) is 8.97. The molecule has 0 aliphatic rings. The summed E-state index contributed by atoms with van der Waals surface area (Å²) in [5, 5.41) is 7.64. The SMILES string of the molecule is Cc1ccc(CNC(=O)Cc2csc(-c3cccs3)n2)cc1F. The molecule has 0 aliphatic heterocycles. The number of amides is 1. The number of thiophene rings is 1. The van der Waals surface area contributed by atoms with Gasteiger partial charge >= 0.3 is 0 Å². The van der Waals surface area contributed by atoms with E-state index in [1.165, 1.54) is 17.4 Å². The van der Waals surface area contributed by atoms with Gasteiger partial charge in [-0.1, -0.05) is 18.2 Å². The van der Waals surface area contributed by atoms with Gasteiger partial charge in [0.1, 0.15) is 10.8 Å². The van der Waals surface area contributed by atoms with Gasteiger partial charge in [-0.25, -0.2) is 9.37 Å². The number of nitrogens with one attached hydrogen (secondary N) is 1. The van der Waals surface area contributed by atoms with Crippen LogP contribution in [-0.2, 0) is 17.8 Å². The molecule has 1 N–H and O–H groups in total. The molecule has 2 aromatic heterocycles. The van der Waals surface area contributed by atoms with E-state index < -0.39 is 0 Å². The Morgan fingerprint density at radius 3 is 2.91 bits per heavy atom. The Labute approximate surface area is 141 Å². The summed E-state index contributed by atoms with van der Waals surface area (Å²) in [4.78, 5) is 17.6. The van der Waals surface area contributed by atoms with E-state index in [2.05, 4.69) is 10.3 Å². The number of carbonyl (C=O) groups is 1. The molecular formula is C17H15FN2OS2. The molecule has 0 spiro atoms. The molecule has 2 heterocycles. The molecule has 0 radical (unpaired) electrons. The van der Waals surface area contributed by atoms with Crippen molar-refractivity contribution in [2.24, 2.45) is 0 Å². The summed E-state index contributed by atoms with van der Waals surface area (Å²) in [5.41, 5.74) is 2.11. The third-order valence-electron chi connectivity index (χ3n) is 3.35. The van der Waals surface area contributed by atoms with Gasteiger partial charge in [0.15, 0.2) is 0 Å². The number of carbonyl (C=O) groups excluding carboxylic acids is 1. The summed E-state index contributed by atoms with van der Waals surface area (Å²) in [7, 11) is 0. The van der Waals surface area contributed by atoms with Crippen molar-refractivity contribution in [2.75, 3.05) is 0 Å². The van der Waals surface area contributed by atoms with Crippen LogP contribution in [0.25, 0.3) is 9.88 Å². The lowest BCUT2D eigenvalue weighted by atomic mass is 10.1. The van der Waals surface area contributed by atoms with Crippen LogP contribution in [0.4, 0.5) is 4.39 Å². The Balaban J connectivity index is 1.56. The molecule has 3 aromatic rings. The van der Waals surface area contributed by atoms with Crippen LogP contribution in [0.15, 0.2) is 41.1 Å². The average Bonchev–Trinajstić information content (AvgIpc) is 3.19. The highest BCUT2D eigenvalue weighted by Crippen LogP contribution is 2.27. The van der Waals surface area contributed by atoms with Crippen LogP contribution in [-0.4, -0.2) is 10.9 Å². The van der Waals surface area contributed by atoms with Crippen molar-refractivity contribution in [3.05, 3.63) is 63.7 Å². The molecule has 0 saturated heterocycles. The molecule has 0 atom stereocenters. The predicted octanol–water partition coefficient (Wildman–Crippen LogP) is 4.18. The van der Waals surface area contributed by atoms with Gasteiger partial charge < -0.3 is 5.32 Å². The van der Waals surface area contributed by atoms with Gasteiger partial charge in [-0.2, -0.15) is 0 Å². The van der Waals surface area contributed by atoms with E-state index in [0.717, 1.165) is 21.1 Å². The first-order chi connectivity index (χ1) is 11.1. The molecule has 118 valence electrons. The summed E-state index contributed by atoms with van der Waals surface area (Å²) in [6.45, 7) is 2.03. The zero-order valence-corrected chi connectivity index (χ0v) is 14.1. The van der Waals surface area contributed by atoms with E-state index in [0.29, 0.717) is 12.1 Å². The minimum atomic E-state index is -0.253. The third kappa shape index (κ3) is 4.03. The summed E-state index contributed by atoms with van der Waals surface area (Å²) in [6.07, 6.45) is 0.232. The Bertz CT molecular complexity index is 812. The van der Waals surface area contributed by atoms with Gasteiger partial charge in [0, 0.05) is 11.9 Å². The van der Waals surface area contributed by atoms with Gasteiger partial charge in [0.2, 0.25) is 5.91 Å². The third-order valence-corrected chi connectivity index (χ3v) is 5.28. The van der Waals surface area contributed by atoms with Gasteiger partial charge in [-0.15, -0.1) is 22.7 Å². The number of hydrogen-bond acceptors (Lipinski definition) is 4. The fourth-order valence-electron chi connectivity index (χ4n) is 2.08. The number of aryl methyl sites for hydroxylation is 1. The fourth-order valence-corrected chi connectivity index (χ4v) is 3.71. The zero-order chi connectivity index (χ0) is 16.2. The number of nitrogens with zero attached hydrogens (tertiary/aromatic N) is 1. The molecule has 0 bridgehead atoms. The predicted molar refractivity (Wildman–Crippen MR) is 92.1 cm³/mol. The Hall–Kier alpha value is -2.05. The second-order valence-electron chi connectivity index (χ2n) is 5.16. The molecule has 1 amide bonds. The number of halogens is 1. The van der Waals surface area contributed by atoms with Crippen LogP contribution in [0.2, 0.25) is 0 Å². The quantitative estimate of drug-likeness (QED) is 0.753. The first-order valence-corrected chi connectivity index (χ1v) is 8.88. The number of thiazole rings is 1. The first kappa shape index (κ1) is 15.8. The molecule has 3 rings (SSSR count). The maximum absolute atomic E-state index is 13.5. The van der Waals surface area contributed by atoms with Gasteiger partial charge in [-0.3, -0.25) is 4.79 Å². The largest absolute Gasteiger partial charge is 0.352 e. The van der Waals surface area contributed by atoms with Crippen molar-refractivity contribution in [2.45, 2.75) is 19.9 Å². The molecule has 0 saturated carbocycles. The lowest BCUT2D eigenvalue weighted by Crippen LogP contribution is -2.24. The molecule has 0 unspecified atom stereocenters. The van der Waals surface area contributed by atoms with Crippen molar-refractivity contribution in [3.63, 3.8) is 0 Å². The number of hydrogen-bond donors (Lipinski definition) is 1. The minimum absolute atomic E-state index is 0.117. The van der Waals surface area contributed by atoms with Crippen LogP contribution >= 0.6 is 22.7 Å². The molecule has 6 heteroatoms. The molecular weight excluding hydrogens is 331 g/mol. The first-order valence-electron chi connectivity index (χ1n) is 7.12. The maximum atomic E-state index is 13.5. The van der Waals surface area contributed by atoms with E-state index in [1.54, 1.807) is 24.3 Å². The Morgan fingerprint density at radius 1 is 1.30 bits per heavy atom. The van der Waals surface area contributed by atoms with Crippen molar-refractivity contribution < 1.29 is 9.18 Å². The van der Waals surface area contributed by atoms with Crippen LogP contribution < -0.4 is 5.32 Å². The van der Waals surface area contributed by atoms with Crippen LogP contribution in [0.3, 0.4) is 0 Å². The lowest BCUT2D eigenvalue weighted by molar-refractivity contribution is -0.120. The van der Waals surface area contributed by atoms with E-state index in [1.807, 2.05) is 29.0 Å². The Morgan fingerprint density at radius 2 is 2.17 bits per heavy atom. The monoisotopic (exact) mass is 346 g/mol. The van der Waals surface area contributed by atoms with Crippen LogP contribution in [0.5, 0.6) is 0 Å². The van der Waals surface area contributed by atoms with Gasteiger partial charge in [0.25, 0.3) is 0 Å². The van der Waals surface area contributed by atoms with Crippen molar-refractivity contribution in [1.29, 1.82) is 0 Å². The standard InChI is InChI=1S/C17H15FN2OS2/c1-11-4-5-12(7-14(11)18)9-19-16(21)8-13-10-23-17(20-13)15-3-2-6-22-15/h2-7,10H,8-9H2,1H3,(H,19,21). The smallest absolute Gasteiger partial charge is 0.226 e. The van der Waals surface area contributed by atoms with E-state index in [4.69, 9.17) is 0 Å². The topological polar surface area (TPSA) is 42.0 Å². The van der Waals surface area contributed by atoms with Crippen molar-refractivity contribution in [3.8, 4) is 9.88 Å². The Kier molecular flexibility index (Phi) is 4.83. The maximum Gasteiger partial charge on any atom is 0.226 e. The van der Waals surface area contributed by atoms with Gasteiger partial charge in [0.05, 0.1) is 17.0 Å². The molecule has 0 aliphatic carbocycles. The highest BCUT2D eigenvalue weighted by atomic mass is 32.1. The van der Waals surface area contributed by atoms with Crippen LogP contribution in [0, 0.1) is 12.7 Å². The number of benzene rings is 1. The summed E-state index contributed by atoms with van der Waals surface area (Å²) < 4.78 is 13.5. The van der Waals surface area contributed by atoms with Gasteiger partial charge in [-0.05, 0) is 35.6 Å². The zero-order valence-electron chi connectivity index (χ0n) is 12.5. The summed E-state index contributed by atoms with van der Waals surface area (Å²) >= 11 is 3.17. The highest BCUT2D eigenvalue weighted by Gasteiger charge is 2.10. The molecule has 3 nitrogen and oxygen atoms in total. The van der Waals surface area contributed by atoms with Crippen molar-refractivity contribution >= 4 is 28.6 Å². The number of aromatic nitrogens is 1. The average molecular weight is 346 g/mol. The van der Waals surface area contributed by atoms with E-state index in [9.17, 15) is 9.18 Å². The van der Waals surface area contributed by atoms with E-state index >= 15 is 0 Å². The molecule has 1 aromatic carbocycles. The molecule has 23 heavy (non-hydrogen) atoms.